The molecule has 0 aliphatic rings. The van der Waals surface area contributed by atoms with E-state index in [4.69, 9.17) is 0 Å². The SMILES string of the molecule is Cc1ccc(NC(=O)c2cc(Nc3cccc4cccnc34)ncn2)c(C)c1. The first kappa shape index (κ1) is 17.6. The van der Waals surface area contributed by atoms with Crippen LogP contribution in [0.25, 0.3) is 10.9 Å². The molecule has 28 heavy (non-hydrogen) atoms. The molecule has 138 valence electrons. The zero-order chi connectivity index (χ0) is 19.5. The van der Waals surface area contributed by atoms with Crippen molar-refractivity contribution in [1.29, 1.82) is 0 Å². The number of hydrogen-bond acceptors (Lipinski definition) is 5. The Bertz CT molecular complexity index is 1170. The highest BCUT2D eigenvalue weighted by molar-refractivity contribution is 6.03. The van der Waals surface area contributed by atoms with Crippen LogP contribution in [0.4, 0.5) is 17.2 Å². The van der Waals surface area contributed by atoms with E-state index in [-0.39, 0.29) is 11.6 Å². The fourth-order valence-electron chi connectivity index (χ4n) is 3.03. The van der Waals surface area contributed by atoms with E-state index in [9.17, 15) is 4.79 Å². The molecule has 0 saturated heterocycles. The van der Waals surface area contributed by atoms with Crippen LogP contribution in [0, 0.1) is 13.8 Å². The largest absolute Gasteiger partial charge is 0.338 e. The van der Waals surface area contributed by atoms with E-state index < -0.39 is 0 Å². The maximum absolute atomic E-state index is 12.6. The van der Waals surface area contributed by atoms with Crippen LogP contribution < -0.4 is 10.6 Å². The van der Waals surface area contributed by atoms with Gasteiger partial charge in [0.15, 0.2) is 0 Å². The van der Waals surface area contributed by atoms with E-state index in [1.165, 1.54) is 6.33 Å². The minimum atomic E-state index is -0.284. The first-order chi connectivity index (χ1) is 13.6. The molecule has 4 aromatic rings. The summed E-state index contributed by atoms with van der Waals surface area (Å²) in [7, 11) is 0. The number of hydrogen-bond donors (Lipinski definition) is 2. The number of nitrogens with one attached hydrogen (secondary N) is 2. The predicted molar refractivity (Wildman–Crippen MR) is 111 cm³/mol. The lowest BCUT2D eigenvalue weighted by molar-refractivity contribution is 0.102. The summed E-state index contributed by atoms with van der Waals surface area (Å²) >= 11 is 0. The molecule has 0 spiro atoms. The Morgan fingerprint density at radius 1 is 0.893 bits per heavy atom. The van der Waals surface area contributed by atoms with Gasteiger partial charge in [-0.25, -0.2) is 9.97 Å². The van der Waals surface area contributed by atoms with Gasteiger partial charge in [0.05, 0.1) is 11.2 Å². The minimum Gasteiger partial charge on any atom is -0.338 e. The fraction of sp³-hybridized carbons (Fsp3) is 0.0909. The number of rotatable bonds is 4. The van der Waals surface area contributed by atoms with Gasteiger partial charge in [0.25, 0.3) is 5.91 Å². The molecule has 2 heterocycles. The Balaban J connectivity index is 1.58. The summed E-state index contributed by atoms with van der Waals surface area (Å²) in [5, 5.41) is 7.16. The van der Waals surface area contributed by atoms with Crippen LogP contribution in [0.2, 0.25) is 0 Å². The number of carbonyl (C=O) groups excluding carboxylic acids is 1. The number of aryl methyl sites for hydroxylation is 2. The topological polar surface area (TPSA) is 79.8 Å². The number of nitrogens with zero attached hydrogens (tertiary/aromatic N) is 3. The van der Waals surface area contributed by atoms with Crippen molar-refractivity contribution < 1.29 is 4.79 Å². The van der Waals surface area contributed by atoms with Gasteiger partial charge in [-0.15, -0.1) is 0 Å². The van der Waals surface area contributed by atoms with Gasteiger partial charge in [-0.1, -0.05) is 35.9 Å². The highest BCUT2D eigenvalue weighted by Crippen LogP contribution is 2.24. The molecule has 0 aliphatic carbocycles. The van der Waals surface area contributed by atoms with Crippen molar-refractivity contribution in [2.75, 3.05) is 10.6 Å². The predicted octanol–water partition coefficient (Wildman–Crippen LogP) is 4.64. The molecule has 0 bridgehead atoms. The molecule has 0 aliphatic heterocycles. The maximum Gasteiger partial charge on any atom is 0.274 e. The molecule has 4 rings (SSSR count). The van der Waals surface area contributed by atoms with Gasteiger partial charge in [-0.05, 0) is 37.6 Å². The zero-order valence-corrected chi connectivity index (χ0v) is 15.6. The summed E-state index contributed by atoms with van der Waals surface area (Å²) in [6.45, 7) is 3.98. The Labute approximate surface area is 162 Å². The summed E-state index contributed by atoms with van der Waals surface area (Å²) in [6, 6.07) is 17.3. The molecule has 2 aromatic heterocycles. The molecule has 2 aromatic carbocycles. The Morgan fingerprint density at radius 2 is 1.75 bits per heavy atom. The number of para-hydroxylation sites is 1. The number of aromatic nitrogens is 3. The summed E-state index contributed by atoms with van der Waals surface area (Å²) < 4.78 is 0. The molecule has 0 saturated carbocycles. The Kier molecular flexibility index (Phi) is 4.68. The number of carbonyl (C=O) groups is 1. The van der Waals surface area contributed by atoms with Gasteiger partial charge in [0, 0.05) is 23.3 Å². The first-order valence-electron chi connectivity index (χ1n) is 8.91. The molecule has 6 heteroatoms. The van der Waals surface area contributed by atoms with Crippen LogP contribution in [0.15, 0.2) is 67.1 Å². The van der Waals surface area contributed by atoms with Crippen molar-refractivity contribution in [3.63, 3.8) is 0 Å². The number of fused-ring (bicyclic) bond motifs is 1. The van der Waals surface area contributed by atoms with Crippen LogP contribution in [-0.2, 0) is 0 Å². The first-order valence-corrected chi connectivity index (χ1v) is 8.91. The smallest absolute Gasteiger partial charge is 0.274 e. The second kappa shape index (κ2) is 7.44. The minimum absolute atomic E-state index is 0.283. The van der Waals surface area contributed by atoms with Crippen molar-refractivity contribution in [3.05, 3.63) is 83.9 Å². The normalized spacial score (nSPS) is 10.6. The van der Waals surface area contributed by atoms with Crippen molar-refractivity contribution >= 4 is 34.0 Å². The molecule has 0 radical (unpaired) electrons. The quantitative estimate of drug-likeness (QED) is 0.548. The molecule has 2 N–H and O–H groups in total. The third-order valence-electron chi connectivity index (χ3n) is 4.43. The average molecular weight is 369 g/mol. The van der Waals surface area contributed by atoms with Gasteiger partial charge in [-0.2, -0.15) is 0 Å². The average Bonchev–Trinajstić information content (AvgIpc) is 2.70. The van der Waals surface area contributed by atoms with Crippen molar-refractivity contribution in [1.82, 2.24) is 15.0 Å². The second-order valence-electron chi connectivity index (χ2n) is 6.57. The lowest BCUT2D eigenvalue weighted by atomic mass is 10.1. The molecular formula is C22H19N5O. The maximum atomic E-state index is 12.6. The van der Waals surface area contributed by atoms with E-state index in [0.29, 0.717) is 5.82 Å². The molecule has 1 amide bonds. The molecule has 0 fully saturated rings. The molecular weight excluding hydrogens is 350 g/mol. The molecule has 6 nitrogen and oxygen atoms in total. The lowest BCUT2D eigenvalue weighted by Crippen LogP contribution is -2.15. The lowest BCUT2D eigenvalue weighted by Gasteiger charge is -2.11. The van der Waals surface area contributed by atoms with Gasteiger partial charge in [0.2, 0.25) is 0 Å². The number of pyridine rings is 1. The van der Waals surface area contributed by atoms with Crippen LogP contribution in [0.1, 0.15) is 21.6 Å². The van der Waals surface area contributed by atoms with Crippen molar-refractivity contribution in [2.45, 2.75) is 13.8 Å². The summed E-state index contributed by atoms with van der Waals surface area (Å²) in [4.78, 5) is 25.4. The van der Waals surface area contributed by atoms with E-state index in [2.05, 4.69) is 25.6 Å². The third-order valence-corrected chi connectivity index (χ3v) is 4.43. The number of anilines is 3. The van der Waals surface area contributed by atoms with E-state index in [1.54, 1.807) is 12.3 Å². The van der Waals surface area contributed by atoms with Gasteiger partial charge in [0.1, 0.15) is 17.8 Å². The zero-order valence-electron chi connectivity index (χ0n) is 15.6. The summed E-state index contributed by atoms with van der Waals surface area (Å²) in [5.41, 5.74) is 4.85. The monoisotopic (exact) mass is 369 g/mol. The second-order valence-corrected chi connectivity index (χ2v) is 6.57. The Hall–Kier alpha value is -3.80. The number of benzene rings is 2. The van der Waals surface area contributed by atoms with Crippen molar-refractivity contribution in [3.8, 4) is 0 Å². The van der Waals surface area contributed by atoms with Gasteiger partial charge < -0.3 is 10.6 Å². The van der Waals surface area contributed by atoms with Gasteiger partial charge in [-0.3, -0.25) is 9.78 Å². The Morgan fingerprint density at radius 3 is 2.61 bits per heavy atom. The van der Waals surface area contributed by atoms with Gasteiger partial charge >= 0.3 is 0 Å². The fourth-order valence-corrected chi connectivity index (χ4v) is 3.03. The van der Waals surface area contributed by atoms with E-state index >= 15 is 0 Å². The standard InChI is InChI=1S/C22H19N5O/c1-14-8-9-17(15(2)11-14)27-22(28)19-12-20(25-13-24-19)26-18-7-3-5-16-6-4-10-23-21(16)18/h3-13H,1-2H3,(H,27,28)(H,24,25,26). The van der Waals surface area contributed by atoms with E-state index in [0.717, 1.165) is 33.4 Å². The molecule has 0 atom stereocenters. The molecule has 0 unspecified atom stereocenters. The highest BCUT2D eigenvalue weighted by Gasteiger charge is 2.11. The van der Waals surface area contributed by atoms with Crippen LogP contribution in [0.5, 0.6) is 0 Å². The van der Waals surface area contributed by atoms with Crippen LogP contribution >= 0.6 is 0 Å². The van der Waals surface area contributed by atoms with E-state index in [1.807, 2.05) is 62.4 Å². The number of amides is 1. The highest BCUT2D eigenvalue weighted by atomic mass is 16.1. The van der Waals surface area contributed by atoms with Crippen molar-refractivity contribution in [2.24, 2.45) is 0 Å². The van der Waals surface area contributed by atoms with Crippen LogP contribution in [0.3, 0.4) is 0 Å². The van der Waals surface area contributed by atoms with Crippen LogP contribution in [-0.4, -0.2) is 20.9 Å². The summed E-state index contributed by atoms with van der Waals surface area (Å²) in [6.07, 6.45) is 3.12. The summed E-state index contributed by atoms with van der Waals surface area (Å²) in [5.74, 6) is 0.243. The third kappa shape index (κ3) is 3.66.